The summed E-state index contributed by atoms with van der Waals surface area (Å²) in [4.78, 5) is 28.1. The third-order valence-corrected chi connectivity index (χ3v) is 5.67. The highest BCUT2D eigenvalue weighted by Crippen LogP contribution is 2.38. The van der Waals surface area contributed by atoms with Crippen molar-refractivity contribution in [2.75, 3.05) is 13.2 Å². The molecule has 0 fully saturated rings. The average molecular weight is 391 g/mol. The smallest absolute Gasteiger partial charge is 0.290 e. The second-order valence-electron chi connectivity index (χ2n) is 8.07. The lowest BCUT2D eigenvalue weighted by molar-refractivity contribution is 0.0691. The molecule has 4 rings (SSSR count). The van der Waals surface area contributed by atoms with E-state index in [4.69, 9.17) is 4.42 Å². The molecule has 150 valence electrons. The molecule has 1 N–H and O–H groups in total. The summed E-state index contributed by atoms with van der Waals surface area (Å²) in [6.07, 6.45) is 0. The molecule has 0 spiro atoms. The van der Waals surface area contributed by atoms with E-state index in [1.165, 1.54) is 10.5 Å². The Kier molecular flexibility index (Phi) is 4.79. The average Bonchev–Trinajstić information content (AvgIpc) is 2.94. The molecule has 2 aromatic carbocycles. The molecule has 0 bridgehead atoms. The molecule has 29 heavy (non-hydrogen) atoms. The lowest BCUT2D eigenvalue weighted by Crippen LogP contribution is -2.32. The van der Waals surface area contributed by atoms with Gasteiger partial charge < -0.3 is 14.4 Å². The predicted octanol–water partition coefficient (Wildman–Crippen LogP) is 4.07. The van der Waals surface area contributed by atoms with Gasteiger partial charge >= 0.3 is 0 Å². The van der Waals surface area contributed by atoms with Gasteiger partial charge in [0.25, 0.3) is 5.91 Å². The number of carbonyl (C=O) groups excluding carboxylic acids is 1. The van der Waals surface area contributed by atoms with E-state index < -0.39 is 6.04 Å². The number of aliphatic hydroxyl groups excluding tert-OH is 1. The van der Waals surface area contributed by atoms with Crippen molar-refractivity contribution in [1.29, 1.82) is 0 Å². The summed E-state index contributed by atoms with van der Waals surface area (Å²) in [6, 6.07) is 11.1. The Balaban J connectivity index is 1.98. The van der Waals surface area contributed by atoms with Crippen molar-refractivity contribution in [3.05, 3.63) is 80.2 Å². The van der Waals surface area contributed by atoms with E-state index in [1.54, 1.807) is 6.07 Å². The van der Waals surface area contributed by atoms with Crippen molar-refractivity contribution < 1.29 is 14.3 Å². The SMILES string of the molecule is Cc1cc(C)c2c(=O)c3c(oc2c1)C(=O)N(CCO)C3c1ccc(C(C)C)cc1. The summed E-state index contributed by atoms with van der Waals surface area (Å²) >= 11 is 0. The highest BCUT2D eigenvalue weighted by molar-refractivity contribution is 5.99. The monoisotopic (exact) mass is 391 g/mol. The first-order chi connectivity index (χ1) is 13.8. The molecule has 5 heteroatoms. The van der Waals surface area contributed by atoms with Gasteiger partial charge in [0, 0.05) is 6.54 Å². The third-order valence-electron chi connectivity index (χ3n) is 5.67. The summed E-state index contributed by atoms with van der Waals surface area (Å²) in [7, 11) is 0. The Morgan fingerprint density at radius 1 is 1.10 bits per heavy atom. The Morgan fingerprint density at radius 2 is 1.79 bits per heavy atom. The molecule has 1 aliphatic rings. The van der Waals surface area contributed by atoms with Crippen LogP contribution < -0.4 is 5.43 Å². The number of hydrogen-bond acceptors (Lipinski definition) is 4. The maximum atomic E-state index is 13.5. The standard InChI is InChI=1S/C24H25NO4/c1-13(2)16-5-7-17(8-6-16)21-20-22(27)19-15(4)11-14(3)12-18(19)29-23(20)24(28)25(21)9-10-26/h5-8,11-13,21,26H,9-10H2,1-4H3. The zero-order valence-corrected chi connectivity index (χ0v) is 17.2. The predicted molar refractivity (Wildman–Crippen MR) is 112 cm³/mol. The van der Waals surface area contributed by atoms with E-state index in [-0.39, 0.29) is 30.2 Å². The van der Waals surface area contributed by atoms with Gasteiger partial charge in [0.15, 0.2) is 5.43 Å². The minimum Gasteiger partial charge on any atom is -0.450 e. The van der Waals surface area contributed by atoms with Crippen molar-refractivity contribution in [1.82, 2.24) is 4.90 Å². The number of aliphatic hydroxyl groups is 1. The number of rotatable bonds is 4. The fourth-order valence-electron chi connectivity index (χ4n) is 4.26. The van der Waals surface area contributed by atoms with Crippen LogP contribution in [0.4, 0.5) is 0 Å². The molecule has 0 aliphatic carbocycles. The Bertz CT molecular complexity index is 1160. The molecule has 1 unspecified atom stereocenters. The largest absolute Gasteiger partial charge is 0.450 e. The number of hydrogen-bond donors (Lipinski definition) is 1. The molecule has 2 heterocycles. The van der Waals surface area contributed by atoms with Crippen LogP contribution in [-0.2, 0) is 0 Å². The molecule has 5 nitrogen and oxygen atoms in total. The summed E-state index contributed by atoms with van der Waals surface area (Å²) < 4.78 is 5.98. The molecule has 1 atom stereocenters. The zero-order valence-electron chi connectivity index (χ0n) is 17.2. The van der Waals surface area contributed by atoms with E-state index in [2.05, 4.69) is 13.8 Å². The molecule has 1 aliphatic heterocycles. The molecule has 3 aromatic rings. The van der Waals surface area contributed by atoms with Crippen molar-refractivity contribution in [3.63, 3.8) is 0 Å². The third kappa shape index (κ3) is 3.06. The van der Waals surface area contributed by atoms with Crippen LogP contribution in [0.15, 0.2) is 45.6 Å². The lowest BCUT2D eigenvalue weighted by atomic mass is 9.94. The molecular weight excluding hydrogens is 366 g/mol. The van der Waals surface area contributed by atoms with E-state index in [0.29, 0.717) is 22.5 Å². The fraction of sp³-hybridized carbons (Fsp3) is 0.333. The number of nitrogens with zero attached hydrogens (tertiary/aromatic N) is 1. The number of aryl methyl sites for hydroxylation is 2. The van der Waals surface area contributed by atoms with Crippen LogP contribution >= 0.6 is 0 Å². The summed E-state index contributed by atoms with van der Waals surface area (Å²) in [5.41, 5.74) is 4.44. The maximum absolute atomic E-state index is 13.5. The zero-order chi connectivity index (χ0) is 20.9. The van der Waals surface area contributed by atoms with Gasteiger partial charge in [0.1, 0.15) is 5.58 Å². The Labute approximate surface area is 169 Å². The molecule has 0 saturated heterocycles. The second-order valence-corrected chi connectivity index (χ2v) is 8.07. The summed E-state index contributed by atoms with van der Waals surface area (Å²) in [5.74, 6) is 0.110. The minimum absolute atomic E-state index is 0.0823. The van der Waals surface area contributed by atoms with Gasteiger partial charge in [-0.3, -0.25) is 9.59 Å². The Hall–Kier alpha value is -2.92. The molecule has 0 radical (unpaired) electrons. The van der Waals surface area contributed by atoms with Gasteiger partial charge in [-0.05, 0) is 48.1 Å². The van der Waals surface area contributed by atoms with Crippen molar-refractivity contribution in [2.24, 2.45) is 0 Å². The quantitative estimate of drug-likeness (QED) is 0.728. The second kappa shape index (κ2) is 7.16. The number of carbonyl (C=O) groups is 1. The fourth-order valence-corrected chi connectivity index (χ4v) is 4.26. The van der Waals surface area contributed by atoms with Crippen molar-refractivity contribution in [3.8, 4) is 0 Å². The van der Waals surface area contributed by atoms with Crippen LogP contribution in [0.2, 0.25) is 0 Å². The van der Waals surface area contributed by atoms with Gasteiger partial charge in [-0.25, -0.2) is 0 Å². The number of amides is 1. The van der Waals surface area contributed by atoms with Crippen LogP contribution in [0.3, 0.4) is 0 Å². The molecular formula is C24H25NO4. The molecule has 0 saturated carbocycles. The maximum Gasteiger partial charge on any atom is 0.290 e. The first-order valence-corrected chi connectivity index (χ1v) is 9.93. The molecule has 1 aromatic heterocycles. The van der Waals surface area contributed by atoms with Crippen LogP contribution in [-0.4, -0.2) is 29.1 Å². The van der Waals surface area contributed by atoms with Crippen LogP contribution in [0.1, 0.15) is 64.2 Å². The lowest BCUT2D eigenvalue weighted by Gasteiger charge is -2.24. The first-order valence-electron chi connectivity index (χ1n) is 9.93. The van der Waals surface area contributed by atoms with E-state index >= 15 is 0 Å². The van der Waals surface area contributed by atoms with Gasteiger partial charge in [0.05, 0.1) is 23.6 Å². The van der Waals surface area contributed by atoms with Crippen LogP contribution in [0, 0.1) is 13.8 Å². The van der Waals surface area contributed by atoms with E-state index in [9.17, 15) is 14.7 Å². The number of benzene rings is 2. The van der Waals surface area contributed by atoms with E-state index in [1.807, 2.05) is 44.2 Å². The van der Waals surface area contributed by atoms with Crippen LogP contribution in [0.5, 0.6) is 0 Å². The summed E-state index contributed by atoms with van der Waals surface area (Å²) in [5, 5.41) is 10.1. The van der Waals surface area contributed by atoms with Gasteiger partial charge in [0.2, 0.25) is 5.76 Å². The van der Waals surface area contributed by atoms with E-state index in [0.717, 1.165) is 16.7 Å². The van der Waals surface area contributed by atoms with Gasteiger partial charge in [-0.15, -0.1) is 0 Å². The van der Waals surface area contributed by atoms with Crippen LogP contribution in [0.25, 0.3) is 11.0 Å². The van der Waals surface area contributed by atoms with Gasteiger partial charge in [-0.2, -0.15) is 0 Å². The van der Waals surface area contributed by atoms with Crippen molar-refractivity contribution >= 4 is 16.9 Å². The minimum atomic E-state index is -0.563. The highest BCUT2D eigenvalue weighted by Gasteiger charge is 2.42. The normalized spacial score (nSPS) is 16.1. The highest BCUT2D eigenvalue weighted by atomic mass is 16.3. The molecule has 1 amide bonds. The number of fused-ring (bicyclic) bond motifs is 2. The number of β-amino-alcohol motifs (C(OH)–C–C–N with tert-alkyl or cyclic N) is 1. The van der Waals surface area contributed by atoms with Gasteiger partial charge in [-0.1, -0.05) is 44.2 Å². The first kappa shape index (κ1) is 19.4. The Morgan fingerprint density at radius 3 is 2.41 bits per heavy atom. The summed E-state index contributed by atoms with van der Waals surface area (Å²) in [6.45, 7) is 7.99. The van der Waals surface area contributed by atoms with Crippen molar-refractivity contribution in [2.45, 2.75) is 39.7 Å². The topological polar surface area (TPSA) is 70.8 Å².